The van der Waals surface area contributed by atoms with Crippen molar-refractivity contribution in [3.05, 3.63) is 77.4 Å². The second-order valence-electron chi connectivity index (χ2n) is 21.2. The first kappa shape index (κ1) is 56.9. The average molecular weight is 976 g/mol. The highest BCUT2D eigenvalue weighted by Crippen LogP contribution is 2.38. The molecule has 5 rings (SSSR count). The lowest BCUT2D eigenvalue weighted by Crippen LogP contribution is -2.61. The van der Waals surface area contributed by atoms with Crippen molar-refractivity contribution in [3.8, 4) is 0 Å². The van der Waals surface area contributed by atoms with Crippen molar-refractivity contribution in [3.63, 3.8) is 0 Å². The molecule has 70 heavy (non-hydrogen) atoms. The van der Waals surface area contributed by atoms with Gasteiger partial charge in [0, 0.05) is 50.4 Å². The number of aliphatic hydroxyl groups is 3. The van der Waals surface area contributed by atoms with Gasteiger partial charge >= 0.3 is 5.97 Å². The summed E-state index contributed by atoms with van der Waals surface area (Å²) in [5.74, 6) is -6.34. The second-order valence-corrected chi connectivity index (χ2v) is 21.2. The van der Waals surface area contributed by atoms with Crippen LogP contribution in [0.3, 0.4) is 0 Å². The number of cyclic esters (lactones) is 1. The number of esters is 1. The van der Waals surface area contributed by atoms with Crippen LogP contribution in [0.2, 0.25) is 0 Å². The molecule has 390 valence electrons. The van der Waals surface area contributed by atoms with Crippen LogP contribution in [-0.4, -0.2) is 125 Å². The number of amides is 1. The van der Waals surface area contributed by atoms with Crippen LogP contribution in [0.15, 0.2) is 71.9 Å². The maximum absolute atomic E-state index is 14.5. The number of rotatable bonds is 7. The Hall–Kier alpha value is -4.02. The Balaban J connectivity index is 1.48. The first-order chi connectivity index (χ1) is 33.3. The lowest BCUT2D eigenvalue weighted by Gasteiger charge is -2.43. The van der Waals surface area contributed by atoms with E-state index < -0.39 is 77.9 Å². The molecular weight excluding hydrogens is 891 g/mol. The summed E-state index contributed by atoms with van der Waals surface area (Å²) >= 11 is 0. The molecule has 1 aliphatic carbocycles. The number of methoxy groups -OCH3 is 2. The Morgan fingerprint density at radius 1 is 0.886 bits per heavy atom. The third kappa shape index (κ3) is 15.3. The Morgan fingerprint density at radius 2 is 1.64 bits per heavy atom. The van der Waals surface area contributed by atoms with Gasteiger partial charge in [0.15, 0.2) is 5.78 Å². The third-order valence-electron chi connectivity index (χ3n) is 15.5. The zero-order chi connectivity index (χ0) is 51.3. The lowest BCUT2D eigenvalue weighted by molar-refractivity contribution is -0.263. The number of hydrogen-bond donors (Lipinski definition) is 5. The van der Waals surface area contributed by atoms with E-state index in [1.165, 1.54) is 12.0 Å². The monoisotopic (exact) mass is 976 g/mol. The zero-order valence-electron chi connectivity index (χ0n) is 43.4. The van der Waals surface area contributed by atoms with Crippen molar-refractivity contribution in [2.75, 3.05) is 26.1 Å². The van der Waals surface area contributed by atoms with Gasteiger partial charge in [-0.1, -0.05) is 81.9 Å². The molecule has 1 aromatic carbocycles. The third-order valence-corrected chi connectivity index (χ3v) is 15.5. The summed E-state index contributed by atoms with van der Waals surface area (Å²) in [5, 5.41) is 37.8. The van der Waals surface area contributed by atoms with E-state index in [0.717, 1.165) is 23.2 Å². The van der Waals surface area contributed by atoms with E-state index >= 15 is 0 Å². The topological polar surface area (TPSA) is 207 Å². The van der Waals surface area contributed by atoms with Gasteiger partial charge in [0.2, 0.25) is 5.79 Å². The SMILES string of the molecule is COC1CC(C[C@@H](C)[C@@H]2CC[C@H](N)/C=C(\C)C(O)[C@@H](OC)C(=O)C(C)C[C@H](C)/C=C/C=C/C=C(\C)C(Nc3cccc(C)c3)C[C@@H]3CCC(C)C(O)(O3)C(=O)C(=O)N3CCCCC3C(=O)O2)CC[C@H]1O. The van der Waals surface area contributed by atoms with Crippen LogP contribution in [0, 0.1) is 36.5 Å². The first-order valence-electron chi connectivity index (χ1n) is 26.0. The number of allylic oxidation sites excluding steroid dienone is 5. The summed E-state index contributed by atoms with van der Waals surface area (Å²) in [6.45, 7) is 13.5. The highest BCUT2D eigenvalue weighted by Gasteiger charge is 2.53. The van der Waals surface area contributed by atoms with E-state index in [2.05, 4.69) is 5.32 Å². The molecule has 14 nitrogen and oxygen atoms in total. The van der Waals surface area contributed by atoms with Crippen molar-refractivity contribution in [1.82, 2.24) is 4.90 Å². The second kappa shape index (κ2) is 26.6. The fraction of sp³-hybridized carbons (Fsp3) is 0.679. The molecule has 3 aliphatic heterocycles. The van der Waals surface area contributed by atoms with Crippen LogP contribution in [0.25, 0.3) is 0 Å². The standard InChI is InChI=1S/C56H85N3O11/c1-34-16-11-10-12-18-36(3)45(58-43-19-15-17-35(2)29-43)33-44-24-21-40(7)56(66,70-44)53(63)54(64)59-27-14-13-20-46(59)55(65)69-48(37(4)30-41-22-25-47(60)49(32-41)67-8)26-23-42(57)31-39(6)51(62)52(68-9)50(61)38(5)28-34/h10-12,15-19,29,31,34,37-38,40-42,44-49,51-52,58,60,62,66H,13-14,20-28,30,32-33,57H2,1-9H3/b12-10+,16-11+,36-18+,39-31+/t34-,37-,38?,40?,41?,42+,44+,45?,46?,47-,48+,49?,51?,52+,56?/m1/s1. The van der Waals surface area contributed by atoms with E-state index in [-0.39, 0.29) is 48.6 Å². The van der Waals surface area contributed by atoms with Crippen LogP contribution in [-0.2, 0) is 38.1 Å². The van der Waals surface area contributed by atoms with E-state index in [1.807, 2.05) is 89.3 Å². The number of ketones is 2. The maximum atomic E-state index is 14.5. The Kier molecular flexibility index (Phi) is 21.6. The quantitative estimate of drug-likeness (QED) is 0.102. The number of ether oxygens (including phenoxy) is 4. The molecule has 1 aromatic rings. The van der Waals surface area contributed by atoms with Crippen LogP contribution in [0.4, 0.5) is 5.69 Å². The number of carbonyl (C=O) groups excluding carboxylic acids is 4. The molecule has 15 atom stereocenters. The molecule has 0 radical (unpaired) electrons. The number of fused-ring (bicyclic) bond motifs is 3. The highest BCUT2D eigenvalue weighted by molar-refractivity contribution is 6.39. The number of aryl methyl sites for hydroxylation is 1. The van der Waals surface area contributed by atoms with Crippen LogP contribution in [0.5, 0.6) is 0 Å². The number of nitrogens with two attached hydrogens (primary N) is 1. The Labute approximate surface area is 417 Å². The first-order valence-corrected chi connectivity index (χ1v) is 26.0. The number of anilines is 1. The summed E-state index contributed by atoms with van der Waals surface area (Å²) in [6.07, 6.45) is 14.0. The average Bonchev–Trinajstić information content (AvgIpc) is 3.33. The Bertz CT molecular complexity index is 2040. The molecule has 8 unspecified atom stereocenters. The van der Waals surface area contributed by atoms with Gasteiger partial charge in [-0.3, -0.25) is 14.4 Å². The number of nitrogens with one attached hydrogen (secondary N) is 1. The van der Waals surface area contributed by atoms with Crippen LogP contribution < -0.4 is 11.1 Å². The van der Waals surface area contributed by atoms with E-state index in [9.17, 15) is 34.5 Å². The smallest absolute Gasteiger partial charge is 0.329 e. The van der Waals surface area contributed by atoms with Crippen molar-refractivity contribution in [2.45, 2.75) is 192 Å². The summed E-state index contributed by atoms with van der Waals surface area (Å²) in [6, 6.07) is 6.12. The normalized spacial score (nSPS) is 38.2. The largest absolute Gasteiger partial charge is 0.461 e. The lowest BCUT2D eigenvalue weighted by atomic mass is 9.78. The zero-order valence-corrected chi connectivity index (χ0v) is 43.4. The molecule has 0 aromatic heterocycles. The molecule has 0 spiro atoms. The van der Waals surface area contributed by atoms with Gasteiger partial charge in [-0.25, -0.2) is 4.79 Å². The highest BCUT2D eigenvalue weighted by atomic mass is 16.6. The van der Waals surface area contributed by atoms with Gasteiger partial charge < -0.3 is 50.2 Å². The molecule has 2 saturated heterocycles. The minimum absolute atomic E-state index is 0.0376. The summed E-state index contributed by atoms with van der Waals surface area (Å²) in [7, 11) is 3.02. The molecule has 3 heterocycles. The van der Waals surface area contributed by atoms with Gasteiger partial charge in [0.05, 0.1) is 18.3 Å². The summed E-state index contributed by atoms with van der Waals surface area (Å²) < 4.78 is 24.0. The number of hydrogen-bond acceptors (Lipinski definition) is 13. The maximum Gasteiger partial charge on any atom is 0.329 e. The predicted molar refractivity (Wildman–Crippen MR) is 271 cm³/mol. The van der Waals surface area contributed by atoms with Crippen molar-refractivity contribution >= 4 is 29.1 Å². The molecule has 14 heteroatoms. The van der Waals surface area contributed by atoms with Gasteiger partial charge in [-0.15, -0.1) is 0 Å². The summed E-state index contributed by atoms with van der Waals surface area (Å²) in [4.78, 5) is 58.4. The number of Topliss-reactive ketones (excluding diaryl/α,β-unsaturated/α-hetero) is 2. The van der Waals surface area contributed by atoms with Gasteiger partial charge in [0.25, 0.3) is 11.7 Å². The number of aliphatic hydroxyl groups excluding tert-OH is 2. The van der Waals surface area contributed by atoms with Gasteiger partial charge in [-0.05, 0) is 145 Å². The van der Waals surface area contributed by atoms with E-state index in [4.69, 9.17) is 24.7 Å². The number of nitrogens with zero attached hydrogens (tertiary/aromatic N) is 1. The molecule has 4 aliphatic rings. The number of carbonyl (C=O) groups is 4. The van der Waals surface area contributed by atoms with Crippen molar-refractivity contribution < 1.29 is 53.4 Å². The Morgan fingerprint density at radius 3 is 2.36 bits per heavy atom. The fourth-order valence-corrected chi connectivity index (χ4v) is 11.0. The van der Waals surface area contributed by atoms with Crippen molar-refractivity contribution in [1.29, 1.82) is 0 Å². The molecule has 3 fully saturated rings. The minimum Gasteiger partial charge on any atom is -0.461 e. The van der Waals surface area contributed by atoms with Crippen LogP contribution in [0.1, 0.15) is 131 Å². The van der Waals surface area contributed by atoms with E-state index in [0.29, 0.717) is 76.2 Å². The molecule has 6 N–H and O–H groups in total. The number of piperidine rings is 1. The fourth-order valence-electron chi connectivity index (χ4n) is 11.0. The molecule has 1 saturated carbocycles. The van der Waals surface area contributed by atoms with Gasteiger partial charge in [0.1, 0.15) is 24.4 Å². The van der Waals surface area contributed by atoms with E-state index in [1.54, 1.807) is 27.0 Å². The molecular formula is C56H85N3O11. The number of benzene rings is 1. The molecule has 1 amide bonds. The predicted octanol–water partition coefficient (Wildman–Crippen LogP) is 7.47. The van der Waals surface area contributed by atoms with Gasteiger partial charge in [-0.2, -0.15) is 0 Å². The van der Waals surface area contributed by atoms with Crippen molar-refractivity contribution in [2.24, 2.45) is 35.3 Å². The van der Waals surface area contributed by atoms with Crippen LogP contribution >= 0.6 is 0 Å². The summed E-state index contributed by atoms with van der Waals surface area (Å²) in [5.41, 5.74) is 10.1. The molecule has 2 bridgehead atoms. The minimum atomic E-state index is -2.41.